The van der Waals surface area contributed by atoms with Crippen molar-refractivity contribution in [2.75, 3.05) is 52.6 Å². The average Bonchev–Trinajstić information content (AvgIpc) is 2.49. The topological polar surface area (TPSA) is 26.8 Å². The largest absolute Gasteiger partial charge is 0.339 e. The lowest BCUT2D eigenvalue weighted by Crippen LogP contribution is -2.65. The number of thioether (sulfide) groups is 1. The Labute approximate surface area is 133 Å². The second-order valence-electron chi connectivity index (χ2n) is 6.47. The van der Waals surface area contributed by atoms with Gasteiger partial charge in [-0.1, -0.05) is 6.08 Å². The molecule has 0 saturated carbocycles. The second kappa shape index (κ2) is 7.16. The molecule has 120 valence electrons. The quantitative estimate of drug-likeness (QED) is 0.736. The van der Waals surface area contributed by atoms with Crippen LogP contribution in [0.3, 0.4) is 0 Å². The summed E-state index contributed by atoms with van der Waals surface area (Å²) in [5.74, 6) is 1.14. The summed E-state index contributed by atoms with van der Waals surface area (Å²) in [6, 6.07) is 0. The molecule has 1 atom stereocenters. The number of likely N-dealkylation sites (N-methyl/N-ethyl adjacent to an activating group) is 1. The monoisotopic (exact) mass is 311 g/mol. The van der Waals surface area contributed by atoms with Crippen LogP contribution in [0.25, 0.3) is 0 Å². The Morgan fingerprint density at radius 3 is 2.57 bits per heavy atom. The first-order valence-electron chi connectivity index (χ1n) is 7.89. The van der Waals surface area contributed by atoms with E-state index in [1.54, 1.807) is 11.8 Å². The van der Waals surface area contributed by atoms with Crippen molar-refractivity contribution >= 4 is 17.7 Å². The summed E-state index contributed by atoms with van der Waals surface area (Å²) in [6.45, 7) is 10.8. The number of carbonyl (C=O) groups is 1. The van der Waals surface area contributed by atoms with Crippen molar-refractivity contribution in [2.45, 2.75) is 30.6 Å². The molecular formula is C16H29N3OS. The van der Waals surface area contributed by atoms with E-state index in [9.17, 15) is 4.79 Å². The predicted octanol–water partition coefficient (Wildman–Crippen LogP) is 1.53. The molecule has 5 heteroatoms. The first-order chi connectivity index (χ1) is 9.98. The highest BCUT2D eigenvalue weighted by molar-refractivity contribution is 8.00. The summed E-state index contributed by atoms with van der Waals surface area (Å²) >= 11 is 1.68. The molecule has 0 radical (unpaired) electrons. The molecule has 0 aromatic heterocycles. The lowest BCUT2D eigenvalue weighted by Gasteiger charge is -2.53. The fourth-order valence-electron chi connectivity index (χ4n) is 3.37. The van der Waals surface area contributed by atoms with Crippen LogP contribution in [0.1, 0.15) is 19.8 Å². The maximum absolute atomic E-state index is 12.6. The molecule has 2 rings (SSSR count). The summed E-state index contributed by atoms with van der Waals surface area (Å²) in [7, 11) is 4.41. The number of amides is 1. The lowest BCUT2D eigenvalue weighted by molar-refractivity contribution is -0.137. The molecule has 2 fully saturated rings. The Balaban J connectivity index is 1.99. The maximum Gasteiger partial charge on any atom is 0.235 e. The molecule has 1 amide bonds. The van der Waals surface area contributed by atoms with Gasteiger partial charge in [0.25, 0.3) is 0 Å². The summed E-state index contributed by atoms with van der Waals surface area (Å²) in [5, 5.41) is 0.0368. The smallest absolute Gasteiger partial charge is 0.235 e. The summed E-state index contributed by atoms with van der Waals surface area (Å²) < 4.78 is 0. The minimum Gasteiger partial charge on any atom is -0.339 e. The molecule has 0 aliphatic carbocycles. The normalized spacial score (nSPS) is 25.0. The van der Waals surface area contributed by atoms with Crippen LogP contribution in [-0.4, -0.2) is 84.0 Å². The number of likely N-dealkylation sites (tertiary alicyclic amines) is 1. The molecule has 0 aromatic rings. The van der Waals surface area contributed by atoms with Gasteiger partial charge in [0.1, 0.15) is 0 Å². The Bertz CT molecular complexity index is 380. The molecule has 0 aromatic carbocycles. The van der Waals surface area contributed by atoms with Gasteiger partial charge in [0, 0.05) is 30.9 Å². The standard InChI is InChI=1S/C16H29N3OS/c1-5-12-21-14(2)15(20)19-11-10-18(4)16(13-19)6-8-17(3)9-7-16/h5,14H,1,6-13H2,2-4H3/t14-/m0/s1. The first kappa shape index (κ1) is 16.8. The minimum atomic E-state index is 0.0368. The fraction of sp³-hybridized carbons (Fsp3) is 0.812. The van der Waals surface area contributed by atoms with Crippen LogP contribution in [-0.2, 0) is 4.79 Å². The van der Waals surface area contributed by atoms with Crippen LogP contribution in [0.4, 0.5) is 0 Å². The molecule has 2 aliphatic heterocycles. The highest BCUT2D eigenvalue weighted by Crippen LogP contribution is 2.32. The van der Waals surface area contributed by atoms with Crippen LogP contribution in [0.5, 0.6) is 0 Å². The molecule has 0 bridgehead atoms. The predicted molar refractivity (Wildman–Crippen MR) is 90.8 cm³/mol. The number of rotatable bonds is 4. The lowest BCUT2D eigenvalue weighted by atomic mass is 9.84. The van der Waals surface area contributed by atoms with Crippen molar-refractivity contribution in [2.24, 2.45) is 0 Å². The Morgan fingerprint density at radius 1 is 1.29 bits per heavy atom. The van der Waals surface area contributed by atoms with Gasteiger partial charge < -0.3 is 9.80 Å². The Kier molecular flexibility index (Phi) is 5.74. The van der Waals surface area contributed by atoms with Crippen LogP contribution in [0.15, 0.2) is 12.7 Å². The van der Waals surface area contributed by atoms with Gasteiger partial charge >= 0.3 is 0 Å². The van der Waals surface area contributed by atoms with E-state index in [1.807, 2.05) is 13.0 Å². The van der Waals surface area contributed by atoms with Gasteiger partial charge in [0.2, 0.25) is 5.91 Å². The van der Waals surface area contributed by atoms with Gasteiger partial charge in [-0.05, 0) is 47.0 Å². The Morgan fingerprint density at radius 2 is 1.95 bits per heavy atom. The number of carbonyl (C=O) groups excluding carboxylic acids is 1. The second-order valence-corrected chi connectivity index (χ2v) is 7.85. The molecule has 1 spiro atoms. The zero-order valence-electron chi connectivity index (χ0n) is 13.7. The van der Waals surface area contributed by atoms with E-state index >= 15 is 0 Å². The van der Waals surface area contributed by atoms with E-state index in [1.165, 1.54) is 0 Å². The van der Waals surface area contributed by atoms with Crippen molar-refractivity contribution in [1.82, 2.24) is 14.7 Å². The minimum absolute atomic E-state index is 0.0368. The number of nitrogens with zero attached hydrogens (tertiary/aromatic N) is 3. The highest BCUT2D eigenvalue weighted by Gasteiger charge is 2.43. The van der Waals surface area contributed by atoms with E-state index in [-0.39, 0.29) is 10.8 Å². The molecule has 0 N–H and O–H groups in total. The third-order valence-corrected chi connectivity index (χ3v) is 6.17. The summed E-state index contributed by atoms with van der Waals surface area (Å²) in [5.41, 5.74) is 0.198. The van der Waals surface area contributed by atoms with Crippen molar-refractivity contribution < 1.29 is 4.79 Å². The van der Waals surface area contributed by atoms with E-state index < -0.39 is 0 Å². The van der Waals surface area contributed by atoms with E-state index in [2.05, 4.69) is 35.4 Å². The molecular weight excluding hydrogens is 282 g/mol. The molecule has 0 unspecified atom stereocenters. The molecule has 2 heterocycles. The van der Waals surface area contributed by atoms with Gasteiger partial charge in [-0.3, -0.25) is 9.69 Å². The van der Waals surface area contributed by atoms with Crippen LogP contribution in [0.2, 0.25) is 0 Å². The van der Waals surface area contributed by atoms with Gasteiger partial charge in [-0.2, -0.15) is 0 Å². The SMILES string of the molecule is C=CCS[C@@H](C)C(=O)N1CCN(C)C2(CCN(C)CC2)C1. The Hall–Kier alpha value is -0.520. The van der Waals surface area contributed by atoms with E-state index in [0.717, 1.165) is 51.3 Å². The van der Waals surface area contributed by atoms with Crippen LogP contribution >= 0.6 is 11.8 Å². The van der Waals surface area contributed by atoms with Gasteiger partial charge in [0.15, 0.2) is 0 Å². The van der Waals surface area contributed by atoms with E-state index in [0.29, 0.717) is 5.91 Å². The van der Waals surface area contributed by atoms with Gasteiger partial charge in [-0.25, -0.2) is 0 Å². The van der Waals surface area contributed by atoms with Gasteiger partial charge in [-0.15, -0.1) is 18.3 Å². The third kappa shape index (κ3) is 3.82. The molecule has 2 saturated heterocycles. The maximum atomic E-state index is 12.6. The zero-order valence-corrected chi connectivity index (χ0v) is 14.5. The zero-order chi connectivity index (χ0) is 15.5. The van der Waals surface area contributed by atoms with Crippen molar-refractivity contribution in [1.29, 1.82) is 0 Å². The van der Waals surface area contributed by atoms with Crippen LogP contribution < -0.4 is 0 Å². The van der Waals surface area contributed by atoms with Crippen LogP contribution in [0, 0.1) is 0 Å². The van der Waals surface area contributed by atoms with Crippen molar-refractivity contribution in [3.63, 3.8) is 0 Å². The third-order valence-electron chi connectivity index (χ3n) is 5.04. The first-order valence-corrected chi connectivity index (χ1v) is 8.94. The number of hydrogen-bond donors (Lipinski definition) is 0. The van der Waals surface area contributed by atoms with E-state index in [4.69, 9.17) is 0 Å². The molecule has 21 heavy (non-hydrogen) atoms. The van der Waals surface area contributed by atoms with Crippen molar-refractivity contribution in [3.05, 3.63) is 12.7 Å². The molecule has 2 aliphatic rings. The highest BCUT2D eigenvalue weighted by atomic mass is 32.2. The fourth-order valence-corrected chi connectivity index (χ4v) is 4.08. The number of piperidine rings is 1. The number of hydrogen-bond acceptors (Lipinski definition) is 4. The van der Waals surface area contributed by atoms with Crippen molar-refractivity contribution in [3.8, 4) is 0 Å². The summed E-state index contributed by atoms with van der Waals surface area (Å²) in [6.07, 6.45) is 4.20. The average molecular weight is 311 g/mol. The summed E-state index contributed by atoms with van der Waals surface area (Å²) in [4.78, 5) is 19.6. The number of piperazine rings is 1. The molecule has 4 nitrogen and oxygen atoms in total. The van der Waals surface area contributed by atoms with Gasteiger partial charge in [0.05, 0.1) is 5.25 Å².